The quantitative estimate of drug-likeness (QED) is 0.0788. The van der Waals surface area contributed by atoms with E-state index in [9.17, 15) is 4.79 Å². The van der Waals surface area contributed by atoms with Gasteiger partial charge in [-0.15, -0.1) is 0 Å². The molecule has 0 aliphatic rings. The summed E-state index contributed by atoms with van der Waals surface area (Å²) in [4.78, 5) is 11.8. The molecule has 0 amide bonds. The highest BCUT2D eigenvalue weighted by Crippen LogP contribution is 2.11. The normalized spacial score (nSPS) is 11.7. The summed E-state index contributed by atoms with van der Waals surface area (Å²) >= 11 is 0. The molecule has 0 rings (SSSR count). The number of hydrogen-bond donors (Lipinski definition) is 1. The Balaban J connectivity index is 3.24. The molecule has 0 radical (unpaired) electrons. The summed E-state index contributed by atoms with van der Waals surface area (Å²) in [5.74, 6) is -0.0106. The van der Waals surface area contributed by atoms with E-state index in [1.54, 1.807) is 0 Å². The zero-order chi connectivity index (χ0) is 24.1. The Hall–Kier alpha value is -1.09. The van der Waals surface area contributed by atoms with E-state index in [-0.39, 0.29) is 5.97 Å². The molecule has 3 heteroatoms. The molecule has 0 bridgehead atoms. The Labute approximate surface area is 206 Å². The van der Waals surface area contributed by atoms with Crippen molar-refractivity contribution >= 4 is 5.97 Å². The second-order valence-electron chi connectivity index (χ2n) is 9.46. The van der Waals surface area contributed by atoms with Gasteiger partial charge in [-0.1, -0.05) is 115 Å². The predicted octanol–water partition coefficient (Wildman–Crippen LogP) is 9.24. The molecular formula is C30H56O3. The largest absolute Gasteiger partial charge is 0.466 e. The van der Waals surface area contributed by atoms with Crippen LogP contribution in [0.2, 0.25) is 0 Å². The van der Waals surface area contributed by atoms with E-state index in [1.165, 1.54) is 96.3 Å². The summed E-state index contributed by atoms with van der Waals surface area (Å²) < 4.78 is 5.37. The second-order valence-corrected chi connectivity index (χ2v) is 9.46. The van der Waals surface area contributed by atoms with Crippen molar-refractivity contribution < 1.29 is 14.6 Å². The smallest absolute Gasteiger partial charge is 0.305 e. The first-order chi connectivity index (χ1) is 16.3. The Morgan fingerprint density at radius 2 is 1.09 bits per heavy atom. The van der Waals surface area contributed by atoms with Gasteiger partial charge in [0.05, 0.1) is 6.61 Å². The van der Waals surface area contributed by atoms with Crippen LogP contribution in [-0.2, 0) is 9.53 Å². The highest BCUT2D eigenvalue weighted by atomic mass is 16.5. The van der Waals surface area contributed by atoms with Crippen LogP contribution in [0.15, 0.2) is 24.3 Å². The molecule has 0 aliphatic heterocycles. The fourth-order valence-electron chi connectivity index (χ4n) is 3.97. The maximum absolute atomic E-state index is 11.8. The molecule has 0 heterocycles. The van der Waals surface area contributed by atoms with E-state index in [4.69, 9.17) is 9.84 Å². The fraction of sp³-hybridized carbons (Fsp3) is 0.833. The van der Waals surface area contributed by atoms with Crippen molar-refractivity contribution in [2.45, 2.75) is 148 Å². The Morgan fingerprint density at radius 1 is 0.606 bits per heavy atom. The molecule has 3 nitrogen and oxygen atoms in total. The lowest BCUT2D eigenvalue weighted by Gasteiger charge is -2.05. The van der Waals surface area contributed by atoms with Crippen molar-refractivity contribution in [1.82, 2.24) is 0 Å². The summed E-state index contributed by atoms with van der Waals surface area (Å²) in [6.45, 7) is 3.18. The number of allylic oxidation sites excluding steroid dienone is 4. The first-order valence-electron chi connectivity index (χ1n) is 14.4. The molecule has 33 heavy (non-hydrogen) atoms. The van der Waals surface area contributed by atoms with Crippen molar-refractivity contribution in [3.05, 3.63) is 24.3 Å². The molecule has 0 aliphatic carbocycles. The van der Waals surface area contributed by atoms with Crippen LogP contribution in [0.1, 0.15) is 148 Å². The standard InChI is InChI=1S/C30H56O3/c1-2-3-4-5-6-7-8-9-10-11-12-15-18-21-24-27-30(32)33-29-26-23-20-17-14-13-16-19-22-25-28-31/h6-7,9-10,31H,2-5,8,11-29H2,1H3/b7-6-,10-9-. The van der Waals surface area contributed by atoms with Crippen LogP contribution in [-0.4, -0.2) is 24.3 Å². The Morgan fingerprint density at radius 3 is 1.67 bits per heavy atom. The molecule has 1 N–H and O–H groups in total. The molecule has 0 atom stereocenters. The highest BCUT2D eigenvalue weighted by molar-refractivity contribution is 5.69. The van der Waals surface area contributed by atoms with Crippen molar-refractivity contribution in [2.75, 3.05) is 13.2 Å². The van der Waals surface area contributed by atoms with E-state index >= 15 is 0 Å². The van der Waals surface area contributed by atoms with Crippen molar-refractivity contribution in [3.8, 4) is 0 Å². The number of carbonyl (C=O) groups excluding carboxylic acids is 1. The van der Waals surface area contributed by atoms with Gasteiger partial charge in [0.2, 0.25) is 0 Å². The Kier molecular flexibility index (Phi) is 28.0. The molecule has 0 aromatic carbocycles. The minimum absolute atomic E-state index is 0.0106. The van der Waals surface area contributed by atoms with E-state index in [1.807, 2.05) is 0 Å². The third kappa shape index (κ3) is 28.9. The zero-order valence-corrected chi connectivity index (χ0v) is 22.0. The number of esters is 1. The summed E-state index contributed by atoms with van der Waals surface area (Å²) in [6, 6.07) is 0. The van der Waals surface area contributed by atoms with E-state index in [2.05, 4.69) is 31.2 Å². The first-order valence-corrected chi connectivity index (χ1v) is 14.4. The van der Waals surface area contributed by atoms with Crippen molar-refractivity contribution in [1.29, 1.82) is 0 Å². The molecule has 0 fully saturated rings. The van der Waals surface area contributed by atoms with Gasteiger partial charge in [0.25, 0.3) is 0 Å². The van der Waals surface area contributed by atoms with Gasteiger partial charge in [0.15, 0.2) is 0 Å². The number of hydrogen-bond acceptors (Lipinski definition) is 3. The average Bonchev–Trinajstić information content (AvgIpc) is 2.82. The Bertz CT molecular complexity index is 442. The molecule has 0 aromatic heterocycles. The van der Waals surface area contributed by atoms with Gasteiger partial charge in [-0.2, -0.15) is 0 Å². The van der Waals surface area contributed by atoms with Gasteiger partial charge in [-0.25, -0.2) is 0 Å². The third-order valence-corrected chi connectivity index (χ3v) is 6.15. The lowest BCUT2D eigenvalue weighted by Crippen LogP contribution is -2.05. The second kappa shape index (κ2) is 28.9. The van der Waals surface area contributed by atoms with Crippen LogP contribution in [0, 0.1) is 0 Å². The summed E-state index contributed by atoms with van der Waals surface area (Å²) in [6.07, 6.45) is 35.1. The fourth-order valence-corrected chi connectivity index (χ4v) is 3.97. The topological polar surface area (TPSA) is 46.5 Å². The minimum atomic E-state index is -0.0106. The first kappa shape index (κ1) is 31.9. The van der Waals surface area contributed by atoms with E-state index < -0.39 is 0 Å². The van der Waals surface area contributed by atoms with Gasteiger partial charge in [0, 0.05) is 13.0 Å². The number of rotatable bonds is 26. The number of ether oxygens (including phenoxy) is 1. The van der Waals surface area contributed by atoms with Gasteiger partial charge in [-0.05, 0) is 51.4 Å². The molecule has 0 saturated carbocycles. The zero-order valence-electron chi connectivity index (χ0n) is 22.0. The van der Waals surface area contributed by atoms with Crippen LogP contribution < -0.4 is 0 Å². The number of unbranched alkanes of at least 4 members (excludes halogenated alkanes) is 17. The van der Waals surface area contributed by atoms with Gasteiger partial charge in [0.1, 0.15) is 0 Å². The molecule has 0 aromatic rings. The lowest BCUT2D eigenvalue weighted by molar-refractivity contribution is -0.143. The van der Waals surface area contributed by atoms with Gasteiger partial charge in [-0.3, -0.25) is 4.79 Å². The molecule has 0 saturated heterocycles. The predicted molar refractivity (Wildman–Crippen MR) is 144 cm³/mol. The maximum atomic E-state index is 11.8. The van der Waals surface area contributed by atoms with Crippen LogP contribution >= 0.6 is 0 Å². The minimum Gasteiger partial charge on any atom is -0.466 e. The van der Waals surface area contributed by atoms with Gasteiger partial charge < -0.3 is 9.84 Å². The third-order valence-electron chi connectivity index (χ3n) is 6.15. The van der Waals surface area contributed by atoms with Crippen LogP contribution in [0.5, 0.6) is 0 Å². The molecular weight excluding hydrogens is 408 g/mol. The van der Waals surface area contributed by atoms with E-state index in [0.717, 1.165) is 38.5 Å². The number of carbonyl (C=O) groups is 1. The maximum Gasteiger partial charge on any atom is 0.305 e. The highest BCUT2D eigenvalue weighted by Gasteiger charge is 2.02. The molecule has 0 spiro atoms. The average molecular weight is 465 g/mol. The summed E-state index contributed by atoms with van der Waals surface area (Å²) in [5.41, 5.74) is 0. The number of aliphatic hydroxyl groups excluding tert-OH is 1. The van der Waals surface area contributed by atoms with Crippen LogP contribution in [0.3, 0.4) is 0 Å². The van der Waals surface area contributed by atoms with E-state index in [0.29, 0.717) is 19.6 Å². The van der Waals surface area contributed by atoms with Crippen molar-refractivity contribution in [3.63, 3.8) is 0 Å². The molecule has 194 valence electrons. The summed E-state index contributed by atoms with van der Waals surface area (Å²) in [7, 11) is 0. The SMILES string of the molecule is CCCCC/C=C\C/C=C\CCCCCCCC(=O)OCCCCCCCCCCCCO. The monoisotopic (exact) mass is 464 g/mol. The van der Waals surface area contributed by atoms with Crippen molar-refractivity contribution in [2.24, 2.45) is 0 Å². The van der Waals surface area contributed by atoms with Crippen LogP contribution in [0.25, 0.3) is 0 Å². The lowest BCUT2D eigenvalue weighted by atomic mass is 10.1. The number of aliphatic hydroxyl groups is 1. The van der Waals surface area contributed by atoms with Crippen LogP contribution in [0.4, 0.5) is 0 Å². The summed E-state index contributed by atoms with van der Waals surface area (Å²) in [5, 5.41) is 8.75. The van der Waals surface area contributed by atoms with Gasteiger partial charge >= 0.3 is 5.97 Å². The molecule has 0 unspecified atom stereocenters.